The number of rotatable bonds is 7. The van der Waals surface area contributed by atoms with Gasteiger partial charge in [-0.25, -0.2) is 9.97 Å². The first kappa shape index (κ1) is 12.1. The van der Waals surface area contributed by atoms with Crippen molar-refractivity contribution in [1.82, 2.24) is 15.3 Å². The number of hydrogen-bond acceptors (Lipinski definition) is 5. The summed E-state index contributed by atoms with van der Waals surface area (Å²) in [4.78, 5) is 8.40. The quantitative estimate of drug-likeness (QED) is 0.622. The van der Waals surface area contributed by atoms with Crippen molar-refractivity contribution in [3.05, 3.63) is 12.4 Å². The average molecular weight is 235 g/mol. The summed E-state index contributed by atoms with van der Waals surface area (Å²) in [6, 6.07) is 1.97. The molecular formula is C12H21N5. The highest BCUT2D eigenvalue weighted by Gasteiger charge is 2.16. The number of nitrogens with zero attached hydrogens (tertiary/aromatic N) is 2. The van der Waals surface area contributed by atoms with Crippen LogP contribution < -0.4 is 16.0 Å². The molecule has 1 aliphatic carbocycles. The van der Waals surface area contributed by atoms with Crippen LogP contribution in [0.3, 0.4) is 0 Å². The van der Waals surface area contributed by atoms with E-state index >= 15 is 0 Å². The van der Waals surface area contributed by atoms with Crippen molar-refractivity contribution >= 4 is 11.6 Å². The standard InChI is InChI=1S/C12H21N5/c1-13-5-6-14-11-7-12(17-9-16-11)15-8-10-3-2-4-10/h7,9-10,13H,2-6,8H2,1H3,(H2,14,15,16,17). The molecule has 0 bridgehead atoms. The molecule has 94 valence electrons. The Morgan fingerprint density at radius 1 is 1.18 bits per heavy atom. The predicted octanol–water partition coefficient (Wildman–Crippen LogP) is 1.32. The number of aromatic nitrogens is 2. The molecule has 0 saturated heterocycles. The maximum Gasteiger partial charge on any atom is 0.131 e. The summed E-state index contributed by atoms with van der Waals surface area (Å²) in [5, 5.41) is 9.70. The molecule has 1 heterocycles. The molecule has 0 spiro atoms. The zero-order valence-electron chi connectivity index (χ0n) is 10.4. The molecule has 1 fully saturated rings. The molecule has 3 N–H and O–H groups in total. The molecule has 0 radical (unpaired) electrons. The molecular weight excluding hydrogens is 214 g/mol. The lowest BCUT2D eigenvalue weighted by molar-refractivity contribution is 0.333. The van der Waals surface area contributed by atoms with E-state index in [0.717, 1.165) is 37.2 Å². The molecule has 0 atom stereocenters. The summed E-state index contributed by atoms with van der Waals surface area (Å²) in [5.41, 5.74) is 0. The van der Waals surface area contributed by atoms with Crippen LogP contribution in [0, 0.1) is 5.92 Å². The summed E-state index contributed by atoms with van der Waals surface area (Å²) >= 11 is 0. The number of likely N-dealkylation sites (N-methyl/N-ethyl adjacent to an activating group) is 1. The van der Waals surface area contributed by atoms with Gasteiger partial charge in [0.05, 0.1) is 0 Å². The third-order valence-corrected chi connectivity index (χ3v) is 3.14. The van der Waals surface area contributed by atoms with Gasteiger partial charge in [-0.15, -0.1) is 0 Å². The van der Waals surface area contributed by atoms with Gasteiger partial charge < -0.3 is 16.0 Å². The van der Waals surface area contributed by atoms with Crippen molar-refractivity contribution in [2.24, 2.45) is 5.92 Å². The van der Waals surface area contributed by atoms with Gasteiger partial charge in [0.1, 0.15) is 18.0 Å². The normalized spacial score (nSPS) is 15.4. The Hall–Kier alpha value is -1.36. The second kappa shape index (κ2) is 6.39. The Balaban J connectivity index is 1.78. The van der Waals surface area contributed by atoms with Crippen LogP contribution >= 0.6 is 0 Å². The van der Waals surface area contributed by atoms with E-state index in [1.54, 1.807) is 6.33 Å². The highest BCUT2D eigenvalue weighted by atomic mass is 15.1. The summed E-state index contributed by atoms with van der Waals surface area (Å²) < 4.78 is 0. The van der Waals surface area contributed by atoms with E-state index in [2.05, 4.69) is 25.9 Å². The zero-order valence-corrected chi connectivity index (χ0v) is 10.4. The Morgan fingerprint density at radius 3 is 2.59 bits per heavy atom. The molecule has 5 heteroatoms. The van der Waals surface area contributed by atoms with E-state index in [-0.39, 0.29) is 0 Å². The van der Waals surface area contributed by atoms with Crippen LogP contribution in [0.25, 0.3) is 0 Å². The number of hydrogen-bond donors (Lipinski definition) is 3. The van der Waals surface area contributed by atoms with Crippen LogP contribution in [0.15, 0.2) is 12.4 Å². The van der Waals surface area contributed by atoms with Gasteiger partial charge in [0.25, 0.3) is 0 Å². The molecule has 1 aliphatic rings. The van der Waals surface area contributed by atoms with Crippen LogP contribution in [0.2, 0.25) is 0 Å². The third-order valence-electron chi connectivity index (χ3n) is 3.14. The lowest BCUT2D eigenvalue weighted by Crippen LogP contribution is -2.21. The molecule has 2 rings (SSSR count). The highest BCUT2D eigenvalue weighted by molar-refractivity contribution is 5.46. The first-order valence-corrected chi connectivity index (χ1v) is 6.33. The third kappa shape index (κ3) is 3.85. The Bertz CT molecular complexity index is 337. The van der Waals surface area contributed by atoms with Gasteiger partial charge in [-0.2, -0.15) is 0 Å². The monoisotopic (exact) mass is 235 g/mol. The largest absolute Gasteiger partial charge is 0.370 e. The number of anilines is 2. The van der Waals surface area contributed by atoms with Gasteiger partial charge in [0.15, 0.2) is 0 Å². The smallest absolute Gasteiger partial charge is 0.131 e. The van der Waals surface area contributed by atoms with Gasteiger partial charge >= 0.3 is 0 Å². The second-order valence-corrected chi connectivity index (χ2v) is 4.50. The fourth-order valence-corrected chi connectivity index (χ4v) is 1.81. The van der Waals surface area contributed by atoms with Crippen molar-refractivity contribution in [3.63, 3.8) is 0 Å². The minimum Gasteiger partial charge on any atom is -0.370 e. The molecule has 1 saturated carbocycles. The lowest BCUT2D eigenvalue weighted by Gasteiger charge is -2.25. The SMILES string of the molecule is CNCCNc1cc(NCC2CCC2)ncn1. The average Bonchev–Trinajstić information content (AvgIpc) is 2.28. The minimum absolute atomic E-state index is 0.839. The van der Waals surface area contributed by atoms with E-state index in [1.165, 1.54) is 19.3 Å². The maximum absolute atomic E-state index is 4.22. The minimum atomic E-state index is 0.839. The Labute approximate surface area is 102 Å². The molecule has 0 aromatic carbocycles. The zero-order chi connectivity index (χ0) is 11.9. The lowest BCUT2D eigenvalue weighted by atomic mass is 9.85. The molecule has 1 aromatic rings. The fraction of sp³-hybridized carbons (Fsp3) is 0.667. The van der Waals surface area contributed by atoms with Gasteiger partial charge in [0.2, 0.25) is 0 Å². The molecule has 1 aromatic heterocycles. The van der Waals surface area contributed by atoms with Crippen LogP contribution in [0.1, 0.15) is 19.3 Å². The first-order valence-electron chi connectivity index (χ1n) is 6.33. The van der Waals surface area contributed by atoms with Crippen molar-refractivity contribution in [2.45, 2.75) is 19.3 Å². The molecule has 17 heavy (non-hydrogen) atoms. The van der Waals surface area contributed by atoms with Crippen LogP contribution in [0.5, 0.6) is 0 Å². The molecule has 0 unspecified atom stereocenters. The highest BCUT2D eigenvalue weighted by Crippen LogP contribution is 2.26. The van der Waals surface area contributed by atoms with Crippen molar-refractivity contribution in [3.8, 4) is 0 Å². The maximum atomic E-state index is 4.22. The first-order chi connectivity index (χ1) is 8.38. The van der Waals surface area contributed by atoms with Crippen LogP contribution in [-0.4, -0.2) is 36.6 Å². The van der Waals surface area contributed by atoms with Crippen LogP contribution in [-0.2, 0) is 0 Å². The van der Waals surface area contributed by atoms with E-state index in [9.17, 15) is 0 Å². The van der Waals surface area contributed by atoms with E-state index < -0.39 is 0 Å². The predicted molar refractivity (Wildman–Crippen MR) is 70.3 cm³/mol. The Morgan fingerprint density at radius 2 is 1.94 bits per heavy atom. The van der Waals surface area contributed by atoms with Crippen molar-refractivity contribution in [2.75, 3.05) is 37.3 Å². The van der Waals surface area contributed by atoms with Crippen molar-refractivity contribution < 1.29 is 0 Å². The Kier molecular flexibility index (Phi) is 4.55. The van der Waals surface area contributed by atoms with E-state index in [4.69, 9.17) is 0 Å². The summed E-state index contributed by atoms with van der Waals surface area (Å²) in [6.45, 7) is 2.83. The summed E-state index contributed by atoms with van der Waals surface area (Å²) in [5.74, 6) is 2.64. The molecule has 0 aliphatic heterocycles. The number of nitrogens with one attached hydrogen (secondary N) is 3. The van der Waals surface area contributed by atoms with Crippen LogP contribution in [0.4, 0.5) is 11.6 Å². The fourth-order valence-electron chi connectivity index (χ4n) is 1.81. The van der Waals surface area contributed by atoms with E-state index in [0.29, 0.717) is 0 Å². The summed E-state index contributed by atoms with van der Waals surface area (Å²) in [7, 11) is 1.94. The molecule has 0 amide bonds. The van der Waals surface area contributed by atoms with Gasteiger partial charge in [0, 0.05) is 25.7 Å². The summed E-state index contributed by atoms with van der Waals surface area (Å²) in [6.07, 6.45) is 5.69. The topological polar surface area (TPSA) is 61.9 Å². The van der Waals surface area contributed by atoms with E-state index in [1.807, 2.05) is 13.1 Å². The second-order valence-electron chi connectivity index (χ2n) is 4.50. The van der Waals surface area contributed by atoms with Gasteiger partial charge in [-0.05, 0) is 25.8 Å². The molecule has 5 nitrogen and oxygen atoms in total. The van der Waals surface area contributed by atoms with Crippen molar-refractivity contribution in [1.29, 1.82) is 0 Å². The van der Waals surface area contributed by atoms with Gasteiger partial charge in [-0.1, -0.05) is 6.42 Å². The van der Waals surface area contributed by atoms with Gasteiger partial charge in [-0.3, -0.25) is 0 Å².